The van der Waals surface area contributed by atoms with Gasteiger partial charge in [-0.3, -0.25) is 9.59 Å². The molecule has 1 amide bonds. The van der Waals surface area contributed by atoms with E-state index in [9.17, 15) is 9.59 Å². The Morgan fingerprint density at radius 3 is 2.26 bits per heavy atom. The lowest BCUT2D eigenvalue weighted by Crippen LogP contribution is -2.36. The molecule has 0 N–H and O–H groups in total. The van der Waals surface area contributed by atoms with Gasteiger partial charge in [0.2, 0.25) is 5.91 Å². The van der Waals surface area contributed by atoms with Crippen LogP contribution >= 0.6 is 0 Å². The summed E-state index contributed by atoms with van der Waals surface area (Å²) in [4.78, 5) is 28.3. The van der Waals surface area contributed by atoms with E-state index in [4.69, 9.17) is 9.47 Å². The number of amides is 1. The highest BCUT2D eigenvalue weighted by molar-refractivity contribution is 5.77. The van der Waals surface area contributed by atoms with Crippen LogP contribution in [0.25, 0.3) is 0 Å². The van der Waals surface area contributed by atoms with Crippen molar-refractivity contribution >= 4 is 11.9 Å². The van der Waals surface area contributed by atoms with Gasteiger partial charge in [-0.15, -0.1) is 0 Å². The highest BCUT2D eigenvalue weighted by Crippen LogP contribution is 2.09. The Hall–Kier alpha value is -2.08. The molecule has 0 aliphatic heterocycles. The van der Waals surface area contributed by atoms with Gasteiger partial charge in [-0.05, 0) is 45.1 Å². The number of hydrogen-bond acceptors (Lipinski definition) is 5. The minimum absolute atomic E-state index is 0.00905. The Morgan fingerprint density at radius 2 is 1.63 bits per heavy atom. The molecule has 0 fully saturated rings. The molecule has 6 heteroatoms. The zero-order chi connectivity index (χ0) is 19.9. The van der Waals surface area contributed by atoms with Crippen molar-refractivity contribution in [3.8, 4) is 5.75 Å². The Morgan fingerprint density at radius 1 is 0.926 bits per heavy atom. The zero-order valence-corrected chi connectivity index (χ0v) is 17.0. The highest BCUT2D eigenvalue weighted by Gasteiger charge is 2.16. The minimum Gasteiger partial charge on any atom is -0.493 e. The van der Waals surface area contributed by atoms with E-state index >= 15 is 0 Å². The van der Waals surface area contributed by atoms with Gasteiger partial charge >= 0.3 is 5.97 Å². The quantitative estimate of drug-likeness (QED) is 0.466. The molecule has 0 aliphatic rings. The van der Waals surface area contributed by atoms with Crippen molar-refractivity contribution in [1.29, 1.82) is 0 Å². The predicted molar refractivity (Wildman–Crippen MR) is 107 cm³/mol. The highest BCUT2D eigenvalue weighted by atomic mass is 16.5. The summed E-state index contributed by atoms with van der Waals surface area (Å²) in [5.41, 5.74) is 0. The maximum absolute atomic E-state index is 12.6. The third-order valence-corrected chi connectivity index (χ3v) is 4.37. The maximum Gasteiger partial charge on any atom is 0.307 e. The fourth-order valence-electron chi connectivity index (χ4n) is 2.78. The summed E-state index contributed by atoms with van der Waals surface area (Å²) in [6, 6.07) is 9.46. The van der Waals surface area contributed by atoms with Crippen LogP contribution in [0.1, 0.15) is 40.0 Å². The van der Waals surface area contributed by atoms with Gasteiger partial charge in [0.1, 0.15) is 5.75 Å². The van der Waals surface area contributed by atoms with Gasteiger partial charge in [0.25, 0.3) is 0 Å². The second-order valence-electron chi connectivity index (χ2n) is 6.23. The first-order valence-corrected chi connectivity index (χ1v) is 9.94. The Bertz CT molecular complexity index is 532. The third-order valence-electron chi connectivity index (χ3n) is 4.37. The molecule has 0 bridgehead atoms. The molecule has 6 nitrogen and oxygen atoms in total. The third kappa shape index (κ3) is 9.99. The van der Waals surface area contributed by atoms with Gasteiger partial charge in [-0.1, -0.05) is 32.0 Å². The van der Waals surface area contributed by atoms with E-state index in [-0.39, 0.29) is 18.3 Å². The van der Waals surface area contributed by atoms with Crippen LogP contribution in [0.3, 0.4) is 0 Å². The summed E-state index contributed by atoms with van der Waals surface area (Å²) in [5.74, 6) is 0.499. The van der Waals surface area contributed by atoms with Crippen LogP contribution in [0.2, 0.25) is 0 Å². The molecule has 0 saturated carbocycles. The molecule has 0 aliphatic carbocycles. The number of esters is 1. The first-order valence-electron chi connectivity index (χ1n) is 9.94. The number of para-hydroxylation sites is 1. The number of ether oxygens (including phenoxy) is 2. The van der Waals surface area contributed by atoms with E-state index in [2.05, 4.69) is 18.7 Å². The van der Waals surface area contributed by atoms with Gasteiger partial charge in [0.05, 0.1) is 26.1 Å². The maximum atomic E-state index is 12.6. The normalized spacial score (nSPS) is 10.7. The van der Waals surface area contributed by atoms with E-state index in [0.29, 0.717) is 32.7 Å². The first-order chi connectivity index (χ1) is 13.1. The van der Waals surface area contributed by atoms with Gasteiger partial charge < -0.3 is 19.3 Å². The molecule has 0 radical (unpaired) electrons. The number of rotatable bonds is 14. The van der Waals surface area contributed by atoms with Gasteiger partial charge in [-0.2, -0.15) is 0 Å². The van der Waals surface area contributed by atoms with E-state index < -0.39 is 0 Å². The largest absolute Gasteiger partial charge is 0.493 e. The molecular weight excluding hydrogens is 344 g/mol. The monoisotopic (exact) mass is 378 g/mol. The summed E-state index contributed by atoms with van der Waals surface area (Å²) in [6.45, 7) is 10.7. The fraction of sp³-hybridized carbons (Fsp3) is 0.619. The molecule has 0 atom stereocenters. The van der Waals surface area contributed by atoms with Crippen molar-refractivity contribution in [2.24, 2.45) is 0 Å². The number of benzene rings is 1. The molecule has 152 valence electrons. The van der Waals surface area contributed by atoms with E-state index in [1.54, 1.807) is 11.8 Å². The fourth-order valence-corrected chi connectivity index (χ4v) is 2.78. The zero-order valence-electron chi connectivity index (χ0n) is 17.0. The van der Waals surface area contributed by atoms with Crippen LogP contribution in [0, 0.1) is 0 Å². The Balaban J connectivity index is 2.48. The van der Waals surface area contributed by atoms with Crippen LogP contribution < -0.4 is 4.74 Å². The van der Waals surface area contributed by atoms with Crippen molar-refractivity contribution in [2.75, 3.05) is 45.9 Å². The molecule has 0 heterocycles. The van der Waals surface area contributed by atoms with Crippen molar-refractivity contribution in [1.82, 2.24) is 9.80 Å². The summed E-state index contributed by atoms with van der Waals surface area (Å²) in [6.07, 6.45) is 1.41. The number of carbonyl (C=O) groups excluding carboxylic acids is 2. The molecule has 1 aromatic rings. The summed E-state index contributed by atoms with van der Waals surface area (Å²) >= 11 is 0. The molecule has 0 saturated heterocycles. The topological polar surface area (TPSA) is 59.1 Å². The van der Waals surface area contributed by atoms with E-state index in [1.807, 2.05) is 30.3 Å². The number of carbonyl (C=O) groups is 2. The smallest absolute Gasteiger partial charge is 0.307 e. The van der Waals surface area contributed by atoms with Crippen LogP contribution in [0.5, 0.6) is 5.75 Å². The Kier molecular flexibility index (Phi) is 11.9. The molecule has 27 heavy (non-hydrogen) atoms. The average Bonchev–Trinajstić information content (AvgIpc) is 2.68. The number of hydrogen-bond donors (Lipinski definition) is 0. The molecule has 0 unspecified atom stereocenters. The Labute approximate surface area is 163 Å². The molecule has 0 spiro atoms. The van der Waals surface area contributed by atoms with Crippen LogP contribution in [-0.2, 0) is 14.3 Å². The van der Waals surface area contributed by atoms with E-state index in [1.165, 1.54) is 0 Å². The van der Waals surface area contributed by atoms with Gasteiger partial charge in [-0.25, -0.2) is 0 Å². The molecule has 0 aromatic heterocycles. The second kappa shape index (κ2) is 14.0. The van der Waals surface area contributed by atoms with Crippen molar-refractivity contribution < 1.29 is 19.1 Å². The summed E-state index contributed by atoms with van der Waals surface area (Å²) in [5, 5.41) is 0. The second-order valence-corrected chi connectivity index (χ2v) is 6.23. The first kappa shape index (κ1) is 23.0. The van der Waals surface area contributed by atoms with Gasteiger partial charge in [0.15, 0.2) is 0 Å². The lowest BCUT2D eigenvalue weighted by atomic mass is 10.2. The lowest BCUT2D eigenvalue weighted by molar-refractivity contribution is -0.144. The van der Waals surface area contributed by atoms with Crippen molar-refractivity contribution in [2.45, 2.75) is 40.0 Å². The average molecular weight is 379 g/mol. The van der Waals surface area contributed by atoms with E-state index in [0.717, 1.165) is 31.8 Å². The molecular formula is C21H34N2O4. The SMILES string of the molecule is CCOC(=O)CCN(CCCN(CC)CC)C(=O)CCOc1ccccc1. The lowest BCUT2D eigenvalue weighted by Gasteiger charge is -2.24. The number of nitrogens with zero attached hydrogens (tertiary/aromatic N) is 2. The minimum atomic E-state index is -0.264. The molecule has 1 aromatic carbocycles. The summed E-state index contributed by atoms with van der Waals surface area (Å²) in [7, 11) is 0. The van der Waals surface area contributed by atoms with Crippen LogP contribution in [0.15, 0.2) is 30.3 Å². The standard InChI is InChI=1S/C21H34N2O4/c1-4-22(5-2)15-10-16-23(17-13-21(25)26-6-3)20(24)14-18-27-19-11-8-7-9-12-19/h7-9,11-12H,4-6,10,13-18H2,1-3H3. The molecule has 1 rings (SSSR count). The summed E-state index contributed by atoms with van der Waals surface area (Å²) < 4.78 is 10.6. The predicted octanol–water partition coefficient (Wildman–Crippen LogP) is 2.97. The van der Waals surface area contributed by atoms with Crippen molar-refractivity contribution in [3.05, 3.63) is 30.3 Å². The van der Waals surface area contributed by atoms with Crippen LogP contribution in [-0.4, -0.2) is 67.6 Å². The van der Waals surface area contributed by atoms with Crippen LogP contribution in [0.4, 0.5) is 0 Å². The van der Waals surface area contributed by atoms with Gasteiger partial charge in [0, 0.05) is 13.1 Å². The van der Waals surface area contributed by atoms with Crippen molar-refractivity contribution in [3.63, 3.8) is 0 Å².